The fraction of sp³-hybridized carbons (Fsp3) is 1.00. The van der Waals surface area contributed by atoms with E-state index in [1.165, 1.54) is 32.4 Å². The summed E-state index contributed by atoms with van der Waals surface area (Å²) < 4.78 is 0. The number of nitrogens with one attached hydrogen (secondary N) is 1. The lowest BCUT2D eigenvalue weighted by molar-refractivity contribution is 0.0899. The van der Waals surface area contributed by atoms with Crippen molar-refractivity contribution in [2.24, 2.45) is 11.1 Å². The molecule has 1 heterocycles. The van der Waals surface area contributed by atoms with Gasteiger partial charge < -0.3 is 5.73 Å². The van der Waals surface area contributed by atoms with E-state index in [1.807, 2.05) is 0 Å². The lowest BCUT2D eigenvalue weighted by Crippen LogP contribution is -2.54. The summed E-state index contributed by atoms with van der Waals surface area (Å²) in [6, 6.07) is 0.389. The van der Waals surface area contributed by atoms with Crippen molar-refractivity contribution in [3.8, 4) is 0 Å². The van der Waals surface area contributed by atoms with Crippen LogP contribution < -0.4 is 11.2 Å². The lowest BCUT2D eigenvalue weighted by Gasteiger charge is -2.37. The summed E-state index contributed by atoms with van der Waals surface area (Å²) >= 11 is 0. The van der Waals surface area contributed by atoms with Gasteiger partial charge in [-0.25, -0.2) is 5.01 Å². The summed E-state index contributed by atoms with van der Waals surface area (Å²) in [5.41, 5.74) is 9.58. The smallest absolute Gasteiger partial charge is 0.0386 e. The van der Waals surface area contributed by atoms with E-state index in [1.54, 1.807) is 0 Å². The molecule has 1 unspecified atom stereocenters. The van der Waals surface area contributed by atoms with Crippen LogP contribution in [0.15, 0.2) is 0 Å². The highest BCUT2D eigenvalue weighted by molar-refractivity contribution is 4.80. The first-order valence-electron chi connectivity index (χ1n) is 5.75. The molecule has 3 heteroatoms. The lowest BCUT2D eigenvalue weighted by atomic mass is 9.87. The Bertz CT molecular complexity index is 156. The van der Waals surface area contributed by atoms with Crippen molar-refractivity contribution >= 4 is 0 Å². The van der Waals surface area contributed by atoms with Gasteiger partial charge in [0.15, 0.2) is 0 Å². The molecule has 1 atom stereocenters. The van der Waals surface area contributed by atoms with Crippen LogP contribution in [0.4, 0.5) is 0 Å². The molecule has 0 saturated carbocycles. The molecule has 1 saturated heterocycles. The third-order valence-electron chi connectivity index (χ3n) is 2.98. The SMILES string of the molecule is CC(C)(C)C(CN)NN1CCCCC1. The van der Waals surface area contributed by atoms with Crippen LogP contribution in [-0.4, -0.2) is 30.7 Å². The van der Waals surface area contributed by atoms with Crippen molar-refractivity contribution in [3.05, 3.63) is 0 Å². The molecular weight excluding hydrogens is 174 g/mol. The molecule has 0 radical (unpaired) electrons. The van der Waals surface area contributed by atoms with Gasteiger partial charge in [-0.2, -0.15) is 0 Å². The zero-order valence-electron chi connectivity index (χ0n) is 9.84. The Hall–Kier alpha value is -0.120. The van der Waals surface area contributed by atoms with Crippen LogP contribution in [0.25, 0.3) is 0 Å². The van der Waals surface area contributed by atoms with Crippen molar-refractivity contribution in [2.75, 3.05) is 19.6 Å². The largest absolute Gasteiger partial charge is 0.329 e. The van der Waals surface area contributed by atoms with E-state index in [-0.39, 0.29) is 5.41 Å². The number of nitrogens with two attached hydrogens (primary N) is 1. The normalized spacial score (nSPS) is 22.3. The second-order valence-corrected chi connectivity index (χ2v) is 5.33. The summed E-state index contributed by atoms with van der Waals surface area (Å²) in [6.45, 7) is 9.77. The summed E-state index contributed by atoms with van der Waals surface area (Å²) in [5, 5.41) is 2.34. The van der Waals surface area contributed by atoms with Crippen LogP contribution in [0.5, 0.6) is 0 Å². The first kappa shape index (κ1) is 12.0. The Kier molecular flexibility index (Phi) is 4.35. The van der Waals surface area contributed by atoms with Gasteiger partial charge in [0.1, 0.15) is 0 Å². The standard InChI is InChI=1S/C11H25N3/c1-11(2,3)10(9-12)13-14-7-5-4-6-8-14/h10,13H,4-9,12H2,1-3H3. The van der Waals surface area contributed by atoms with E-state index in [4.69, 9.17) is 5.73 Å². The monoisotopic (exact) mass is 199 g/mol. The predicted octanol–water partition coefficient (Wildman–Crippen LogP) is 1.35. The Morgan fingerprint density at radius 2 is 1.79 bits per heavy atom. The van der Waals surface area contributed by atoms with E-state index < -0.39 is 0 Å². The first-order valence-corrected chi connectivity index (χ1v) is 5.75. The van der Waals surface area contributed by atoms with Crippen LogP contribution in [0.2, 0.25) is 0 Å². The topological polar surface area (TPSA) is 41.3 Å². The number of hydrazine groups is 1. The van der Waals surface area contributed by atoms with Crippen molar-refractivity contribution < 1.29 is 0 Å². The molecule has 0 aromatic carbocycles. The van der Waals surface area contributed by atoms with Gasteiger partial charge in [0.05, 0.1) is 0 Å². The summed E-state index contributed by atoms with van der Waals surface area (Å²) in [6.07, 6.45) is 4.00. The third kappa shape index (κ3) is 3.56. The number of rotatable bonds is 3. The summed E-state index contributed by atoms with van der Waals surface area (Å²) in [7, 11) is 0. The molecule has 1 rings (SSSR count). The van der Waals surface area contributed by atoms with Gasteiger partial charge in [0.2, 0.25) is 0 Å². The fourth-order valence-electron chi connectivity index (χ4n) is 1.84. The first-order chi connectivity index (χ1) is 6.54. The van der Waals surface area contributed by atoms with Crippen LogP contribution in [0.1, 0.15) is 40.0 Å². The number of hydrogen-bond acceptors (Lipinski definition) is 3. The molecule has 0 spiro atoms. The van der Waals surface area contributed by atoms with Crippen LogP contribution in [-0.2, 0) is 0 Å². The number of nitrogens with zero attached hydrogens (tertiary/aromatic N) is 1. The second kappa shape index (κ2) is 5.10. The maximum absolute atomic E-state index is 5.79. The Labute approximate surface area is 88.0 Å². The minimum atomic E-state index is 0.242. The second-order valence-electron chi connectivity index (χ2n) is 5.33. The van der Waals surface area contributed by atoms with Gasteiger partial charge in [-0.15, -0.1) is 0 Å². The number of piperidine rings is 1. The molecule has 1 fully saturated rings. The molecule has 0 amide bonds. The molecule has 1 aliphatic rings. The Balaban J connectivity index is 2.39. The fourth-order valence-corrected chi connectivity index (χ4v) is 1.84. The third-order valence-corrected chi connectivity index (χ3v) is 2.98. The van der Waals surface area contributed by atoms with Gasteiger partial charge in [-0.05, 0) is 18.3 Å². The van der Waals surface area contributed by atoms with Crippen LogP contribution in [0, 0.1) is 5.41 Å². The quantitative estimate of drug-likeness (QED) is 0.721. The van der Waals surface area contributed by atoms with Crippen molar-refractivity contribution in [2.45, 2.75) is 46.1 Å². The molecule has 0 aromatic heterocycles. The van der Waals surface area contributed by atoms with Crippen LogP contribution in [0.3, 0.4) is 0 Å². The highest BCUT2D eigenvalue weighted by atomic mass is 15.5. The Morgan fingerprint density at radius 3 is 2.21 bits per heavy atom. The molecular formula is C11H25N3. The molecule has 0 aliphatic carbocycles. The van der Waals surface area contributed by atoms with Gasteiger partial charge in [0, 0.05) is 25.7 Å². The average molecular weight is 199 g/mol. The summed E-state index contributed by atoms with van der Waals surface area (Å²) in [5.74, 6) is 0. The maximum atomic E-state index is 5.79. The average Bonchev–Trinajstić information content (AvgIpc) is 2.14. The highest BCUT2D eigenvalue weighted by Gasteiger charge is 2.25. The molecule has 0 bridgehead atoms. The van der Waals surface area contributed by atoms with E-state index in [2.05, 4.69) is 31.2 Å². The highest BCUT2D eigenvalue weighted by Crippen LogP contribution is 2.19. The molecule has 3 N–H and O–H groups in total. The maximum Gasteiger partial charge on any atom is 0.0386 e. The predicted molar refractivity (Wildman–Crippen MR) is 60.9 cm³/mol. The van der Waals surface area contributed by atoms with Gasteiger partial charge in [-0.3, -0.25) is 5.43 Å². The number of hydrogen-bond donors (Lipinski definition) is 2. The molecule has 14 heavy (non-hydrogen) atoms. The molecule has 3 nitrogen and oxygen atoms in total. The van der Waals surface area contributed by atoms with Gasteiger partial charge in [-0.1, -0.05) is 27.2 Å². The zero-order chi connectivity index (χ0) is 10.6. The van der Waals surface area contributed by atoms with E-state index >= 15 is 0 Å². The van der Waals surface area contributed by atoms with E-state index in [0.717, 1.165) is 0 Å². The zero-order valence-corrected chi connectivity index (χ0v) is 9.84. The van der Waals surface area contributed by atoms with E-state index in [9.17, 15) is 0 Å². The van der Waals surface area contributed by atoms with Crippen molar-refractivity contribution in [3.63, 3.8) is 0 Å². The molecule has 84 valence electrons. The van der Waals surface area contributed by atoms with Crippen LogP contribution >= 0.6 is 0 Å². The van der Waals surface area contributed by atoms with Gasteiger partial charge in [0.25, 0.3) is 0 Å². The summed E-state index contributed by atoms with van der Waals surface area (Å²) in [4.78, 5) is 0. The van der Waals surface area contributed by atoms with Crippen molar-refractivity contribution in [1.29, 1.82) is 0 Å². The Morgan fingerprint density at radius 1 is 1.21 bits per heavy atom. The molecule has 0 aromatic rings. The minimum absolute atomic E-state index is 0.242. The van der Waals surface area contributed by atoms with Gasteiger partial charge >= 0.3 is 0 Å². The molecule has 1 aliphatic heterocycles. The van der Waals surface area contributed by atoms with Crippen molar-refractivity contribution in [1.82, 2.24) is 10.4 Å². The minimum Gasteiger partial charge on any atom is -0.329 e. The van der Waals surface area contributed by atoms with E-state index in [0.29, 0.717) is 12.6 Å².